The second-order valence-corrected chi connectivity index (χ2v) is 29.1. The number of ether oxygens (including phenoxy) is 4. The lowest BCUT2D eigenvalue weighted by Crippen LogP contribution is -2.30. The first-order valence-electron chi connectivity index (χ1n) is 39.8. The molecule has 17 nitrogen and oxygen atoms in total. The number of phosphoric acid groups is 2. The molecule has 19 heteroatoms. The van der Waals surface area contributed by atoms with Crippen molar-refractivity contribution in [1.29, 1.82) is 0 Å². The molecule has 0 aromatic heterocycles. The van der Waals surface area contributed by atoms with Crippen LogP contribution in [-0.2, 0) is 65.4 Å². The Bertz CT molecular complexity index is 2410. The highest BCUT2D eigenvalue weighted by molar-refractivity contribution is 7.47. The molecule has 0 fully saturated rings. The van der Waals surface area contributed by atoms with Gasteiger partial charge in [-0.2, -0.15) is 0 Å². The van der Waals surface area contributed by atoms with Crippen molar-refractivity contribution in [3.05, 3.63) is 122 Å². The van der Waals surface area contributed by atoms with Gasteiger partial charge >= 0.3 is 39.5 Å². The fourth-order valence-electron chi connectivity index (χ4n) is 10.4. The van der Waals surface area contributed by atoms with E-state index in [-0.39, 0.29) is 25.7 Å². The number of carbonyl (C=O) groups excluding carboxylic acids is 4. The Kier molecular flexibility index (Phi) is 71.4. The maximum atomic E-state index is 13.1. The van der Waals surface area contributed by atoms with Gasteiger partial charge in [-0.05, 0) is 148 Å². The molecule has 102 heavy (non-hydrogen) atoms. The standard InChI is InChI=1S/C83H142O17P2/c1-5-9-13-17-21-25-29-33-36-38-41-44-47-51-55-59-63-67-80(85)93-73-78(99-82(87)69-65-61-57-53-49-43-32-28-24-20-16-12-8-4)75-97-101(89,90)95-71-77(84)72-96-102(91,92)98-76-79(100-83(88)70-66-62-58-54-50-46-40-35-31-27-23-19-15-11-7-3)74-94-81(86)68-64-60-56-52-48-45-42-39-37-34-30-26-22-18-14-10-6-2/h9-10,13-14,21-22,25-26,28,32-37,40-41,44,51,55,77-79,84H,5-8,11-12,15-20,23-24,27,29-31,38-39,42-43,45-50,52-54,56-76H2,1-4H3,(H,89,90)(H,91,92)/b13-9-,14-10-,25-21-,26-22-,32-28-,36-33-,37-34-,40-35-,44-41-,55-51-. The van der Waals surface area contributed by atoms with Crippen molar-refractivity contribution in [2.75, 3.05) is 39.6 Å². The Labute approximate surface area is 619 Å². The average molecular weight is 1470 g/mol. The highest BCUT2D eigenvalue weighted by Crippen LogP contribution is 2.45. The SMILES string of the molecule is CC/C=C\C/C=C\C/C=C\C/C=C\C/C=C\CCCC(=O)OCC(COP(=O)(O)OCC(O)COP(=O)(O)OCC(COC(=O)CCCCCCCCC/C=C\C/C=C\C/C=C\CC)OC(=O)CCCCCCC/C=C\CCCCCCCC)OC(=O)CCCCCCC/C=C\CCCCCC. The van der Waals surface area contributed by atoms with Crippen LogP contribution in [0.25, 0.3) is 0 Å². The molecule has 0 aromatic rings. The van der Waals surface area contributed by atoms with Crippen molar-refractivity contribution in [3.63, 3.8) is 0 Å². The highest BCUT2D eigenvalue weighted by atomic mass is 31.2. The molecule has 5 atom stereocenters. The number of hydrogen-bond acceptors (Lipinski definition) is 15. The number of aliphatic hydroxyl groups excluding tert-OH is 1. The van der Waals surface area contributed by atoms with Gasteiger partial charge in [0, 0.05) is 25.7 Å². The van der Waals surface area contributed by atoms with Crippen molar-refractivity contribution in [2.24, 2.45) is 0 Å². The lowest BCUT2D eigenvalue weighted by Gasteiger charge is -2.21. The monoisotopic (exact) mass is 1470 g/mol. The minimum absolute atomic E-state index is 0.0708. The molecular weight excluding hydrogens is 1330 g/mol. The summed E-state index contributed by atoms with van der Waals surface area (Å²) in [6.45, 7) is 4.56. The number of hydrogen-bond donors (Lipinski definition) is 3. The zero-order chi connectivity index (χ0) is 74.6. The maximum Gasteiger partial charge on any atom is 0.472 e. The molecule has 0 aliphatic rings. The summed E-state index contributed by atoms with van der Waals surface area (Å²) in [4.78, 5) is 73.0. The van der Waals surface area contributed by atoms with Gasteiger partial charge in [-0.1, -0.05) is 271 Å². The van der Waals surface area contributed by atoms with Gasteiger partial charge in [0.2, 0.25) is 0 Å². The summed E-state index contributed by atoms with van der Waals surface area (Å²) in [5.41, 5.74) is 0. The second kappa shape index (κ2) is 74.7. The van der Waals surface area contributed by atoms with Crippen molar-refractivity contribution >= 4 is 39.5 Å². The van der Waals surface area contributed by atoms with Gasteiger partial charge in [0.15, 0.2) is 12.2 Å². The van der Waals surface area contributed by atoms with E-state index in [0.717, 1.165) is 173 Å². The molecule has 0 rings (SSSR count). The van der Waals surface area contributed by atoms with Crippen LogP contribution in [0.5, 0.6) is 0 Å². The molecule has 0 bridgehead atoms. The maximum absolute atomic E-state index is 13.1. The summed E-state index contributed by atoms with van der Waals surface area (Å²) in [6.07, 6.45) is 81.8. The van der Waals surface area contributed by atoms with Crippen LogP contribution >= 0.6 is 15.6 Å². The van der Waals surface area contributed by atoms with Crippen LogP contribution in [0.1, 0.15) is 323 Å². The van der Waals surface area contributed by atoms with Crippen LogP contribution < -0.4 is 0 Å². The van der Waals surface area contributed by atoms with Gasteiger partial charge in [0.05, 0.1) is 26.4 Å². The fraction of sp³-hybridized carbons (Fsp3) is 0.711. The summed E-state index contributed by atoms with van der Waals surface area (Å²) in [6, 6.07) is 0. The number of aliphatic hydroxyl groups is 1. The number of rotatable bonds is 74. The van der Waals surface area contributed by atoms with E-state index in [9.17, 15) is 43.2 Å². The van der Waals surface area contributed by atoms with Crippen LogP contribution in [-0.4, -0.2) is 96.7 Å². The topological polar surface area (TPSA) is 237 Å². The molecule has 0 saturated heterocycles. The Morgan fingerprint density at radius 2 is 0.520 bits per heavy atom. The molecular formula is C83H142O17P2. The largest absolute Gasteiger partial charge is 0.472 e. The number of unbranched alkanes of at least 4 members (excludes halogenated alkanes) is 28. The number of allylic oxidation sites excluding steroid dienone is 20. The van der Waals surface area contributed by atoms with E-state index in [1.165, 1.54) is 64.2 Å². The summed E-state index contributed by atoms with van der Waals surface area (Å²) in [5, 5.41) is 10.6. The molecule has 0 saturated carbocycles. The summed E-state index contributed by atoms with van der Waals surface area (Å²) in [5.74, 6) is -2.26. The molecule has 0 amide bonds. The predicted octanol–water partition coefficient (Wildman–Crippen LogP) is 23.1. The van der Waals surface area contributed by atoms with E-state index >= 15 is 0 Å². The third kappa shape index (κ3) is 73.8. The van der Waals surface area contributed by atoms with Crippen LogP contribution in [0.15, 0.2) is 122 Å². The normalized spacial score (nSPS) is 14.5. The third-order valence-corrected chi connectivity index (χ3v) is 18.3. The van der Waals surface area contributed by atoms with E-state index in [4.69, 9.17) is 37.0 Å². The fourth-order valence-corrected chi connectivity index (χ4v) is 12.0. The molecule has 0 aliphatic carbocycles. The van der Waals surface area contributed by atoms with Gasteiger partial charge < -0.3 is 33.8 Å². The molecule has 3 N–H and O–H groups in total. The Balaban J connectivity index is 5.41. The quantitative estimate of drug-likeness (QED) is 0.0169. The van der Waals surface area contributed by atoms with Gasteiger partial charge in [0.25, 0.3) is 0 Å². The van der Waals surface area contributed by atoms with Crippen molar-refractivity contribution in [3.8, 4) is 0 Å². The predicted molar refractivity (Wildman–Crippen MR) is 418 cm³/mol. The molecule has 586 valence electrons. The first-order chi connectivity index (χ1) is 49.7. The van der Waals surface area contributed by atoms with Crippen molar-refractivity contribution in [2.45, 2.75) is 341 Å². The Morgan fingerprint density at radius 3 is 0.843 bits per heavy atom. The van der Waals surface area contributed by atoms with E-state index in [2.05, 4.69) is 137 Å². The van der Waals surface area contributed by atoms with Gasteiger partial charge in [-0.15, -0.1) is 0 Å². The smallest absolute Gasteiger partial charge is 0.462 e. The second-order valence-electron chi connectivity index (χ2n) is 26.2. The number of phosphoric ester groups is 2. The van der Waals surface area contributed by atoms with E-state index in [1.807, 2.05) is 12.2 Å². The van der Waals surface area contributed by atoms with Gasteiger partial charge in [0.1, 0.15) is 19.3 Å². The molecule has 0 aromatic carbocycles. The van der Waals surface area contributed by atoms with Crippen molar-refractivity contribution in [1.82, 2.24) is 0 Å². The summed E-state index contributed by atoms with van der Waals surface area (Å²) < 4.78 is 68.5. The molecule has 0 spiro atoms. The van der Waals surface area contributed by atoms with Crippen LogP contribution in [0.4, 0.5) is 0 Å². The van der Waals surface area contributed by atoms with Gasteiger partial charge in [-0.3, -0.25) is 37.3 Å². The minimum atomic E-state index is -4.99. The lowest BCUT2D eigenvalue weighted by molar-refractivity contribution is -0.161. The average Bonchev–Trinajstić information content (AvgIpc) is 0.908. The van der Waals surface area contributed by atoms with E-state index in [1.54, 1.807) is 0 Å². The zero-order valence-electron chi connectivity index (χ0n) is 64.0. The third-order valence-electron chi connectivity index (χ3n) is 16.4. The van der Waals surface area contributed by atoms with E-state index < -0.39 is 97.5 Å². The number of carbonyl (C=O) groups is 4. The highest BCUT2D eigenvalue weighted by Gasteiger charge is 2.30. The molecule has 0 heterocycles. The van der Waals surface area contributed by atoms with Gasteiger partial charge in [-0.25, -0.2) is 9.13 Å². The number of esters is 4. The van der Waals surface area contributed by atoms with Crippen LogP contribution in [0.2, 0.25) is 0 Å². The molecule has 0 radical (unpaired) electrons. The van der Waals surface area contributed by atoms with Crippen LogP contribution in [0, 0.1) is 0 Å². The summed E-state index contributed by atoms with van der Waals surface area (Å²) in [7, 11) is -9.98. The molecule has 0 aliphatic heterocycles. The first kappa shape index (κ1) is 97.5. The lowest BCUT2D eigenvalue weighted by atomic mass is 10.1. The van der Waals surface area contributed by atoms with Crippen LogP contribution in [0.3, 0.4) is 0 Å². The minimum Gasteiger partial charge on any atom is -0.462 e. The Hall–Kier alpha value is -4.54. The zero-order valence-corrected chi connectivity index (χ0v) is 65.8. The molecule has 5 unspecified atom stereocenters. The Morgan fingerprint density at radius 1 is 0.284 bits per heavy atom. The van der Waals surface area contributed by atoms with Crippen molar-refractivity contribution < 1.29 is 80.2 Å². The summed E-state index contributed by atoms with van der Waals surface area (Å²) >= 11 is 0. The first-order valence-corrected chi connectivity index (χ1v) is 42.8. The van der Waals surface area contributed by atoms with E-state index in [0.29, 0.717) is 32.1 Å².